The van der Waals surface area contributed by atoms with E-state index in [-0.39, 0.29) is 17.7 Å². The van der Waals surface area contributed by atoms with Crippen LogP contribution in [0.2, 0.25) is 0 Å². The van der Waals surface area contributed by atoms with Crippen LogP contribution >= 0.6 is 0 Å². The fourth-order valence-electron chi connectivity index (χ4n) is 4.43. The molecule has 1 saturated carbocycles. The lowest BCUT2D eigenvalue weighted by Crippen LogP contribution is -2.49. The van der Waals surface area contributed by atoms with E-state index < -0.39 is 0 Å². The van der Waals surface area contributed by atoms with Crippen LogP contribution in [0, 0.1) is 5.92 Å². The maximum atomic E-state index is 12.7. The number of ether oxygens (including phenoxy) is 1. The molecule has 2 aliphatic rings. The molecule has 2 fully saturated rings. The Morgan fingerprint density at radius 2 is 1.58 bits per heavy atom. The van der Waals surface area contributed by atoms with Crippen molar-refractivity contribution in [2.75, 3.05) is 43.5 Å². The van der Waals surface area contributed by atoms with Crippen LogP contribution < -0.4 is 15.0 Å². The summed E-state index contributed by atoms with van der Waals surface area (Å²) in [6.07, 6.45) is 4.74. The minimum absolute atomic E-state index is 0.147. The van der Waals surface area contributed by atoms with E-state index in [2.05, 4.69) is 22.3 Å². The largest absolute Gasteiger partial charge is 0.497 e. The van der Waals surface area contributed by atoms with Gasteiger partial charge >= 0.3 is 0 Å². The summed E-state index contributed by atoms with van der Waals surface area (Å²) in [6.45, 7) is 3.05. The topological polar surface area (TPSA) is 61.9 Å². The second-order valence-corrected chi connectivity index (χ2v) is 8.41. The molecule has 0 atom stereocenters. The molecule has 0 bridgehead atoms. The van der Waals surface area contributed by atoms with Crippen molar-refractivity contribution in [3.63, 3.8) is 0 Å². The van der Waals surface area contributed by atoms with Crippen LogP contribution in [0.25, 0.3) is 0 Å². The highest BCUT2D eigenvalue weighted by Gasteiger charge is 2.23. The maximum absolute atomic E-state index is 12.7. The molecule has 2 aromatic rings. The lowest BCUT2D eigenvalue weighted by Gasteiger charge is -2.36. The fourth-order valence-corrected chi connectivity index (χ4v) is 4.43. The third kappa shape index (κ3) is 5.37. The molecule has 0 aromatic heterocycles. The molecule has 31 heavy (non-hydrogen) atoms. The molecular weight excluding hydrogens is 390 g/mol. The Balaban J connectivity index is 1.26. The summed E-state index contributed by atoms with van der Waals surface area (Å²) in [6, 6.07) is 15.7. The van der Waals surface area contributed by atoms with Gasteiger partial charge < -0.3 is 19.9 Å². The molecule has 1 heterocycles. The van der Waals surface area contributed by atoms with Crippen molar-refractivity contribution in [2.45, 2.75) is 32.1 Å². The molecule has 6 heteroatoms. The third-order valence-corrected chi connectivity index (χ3v) is 6.37. The van der Waals surface area contributed by atoms with Crippen LogP contribution in [0.4, 0.5) is 11.4 Å². The van der Waals surface area contributed by atoms with Crippen molar-refractivity contribution in [1.82, 2.24) is 4.90 Å². The van der Waals surface area contributed by atoms with Crippen LogP contribution in [0.3, 0.4) is 0 Å². The van der Waals surface area contributed by atoms with Crippen LogP contribution in [0.1, 0.15) is 31.2 Å². The monoisotopic (exact) mass is 421 g/mol. The number of methoxy groups -OCH3 is 1. The first-order valence-electron chi connectivity index (χ1n) is 11.2. The van der Waals surface area contributed by atoms with Gasteiger partial charge in [-0.05, 0) is 54.8 Å². The summed E-state index contributed by atoms with van der Waals surface area (Å²) < 4.78 is 5.17. The summed E-state index contributed by atoms with van der Waals surface area (Å²) in [4.78, 5) is 29.2. The Morgan fingerprint density at radius 1 is 0.935 bits per heavy atom. The van der Waals surface area contributed by atoms with Gasteiger partial charge in [0.25, 0.3) is 0 Å². The van der Waals surface area contributed by atoms with Gasteiger partial charge in [0.15, 0.2) is 0 Å². The Bertz CT molecular complexity index is 881. The standard InChI is InChI=1S/C25H31N3O3/c1-31-23-12-6-19(7-13-23)18-24(29)28-16-14-27(15-17-28)22-10-8-21(9-11-22)26-25(30)20-4-2-3-5-20/h6-13,20H,2-5,14-18H2,1H3,(H,26,30). The summed E-state index contributed by atoms with van der Waals surface area (Å²) in [5, 5.41) is 3.05. The molecule has 1 aliphatic carbocycles. The predicted molar refractivity (Wildman–Crippen MR) is 123 cm³/mol. The summed E-state index contributed by atoms with van der Waals surface area (Å²) >= 11 is 0. The van der Waals surface area contributed by atoms with E-state index in [1.165, 1.54) is 0 Å². The Labute approximate surface area is 184 Å². The summed E-state index contributed by atoms with van der Waals surface area (Å²) in [5.74, 6) is 1.28. The molecular formula is C25H31N3O3. The third-order valence-electron chi connectivity index (χ3n) is 6.37. The van der Waals surface area contributed by atoms with E-state index in [9.17, 15) is 9.59 Å². The van der Waals surface area contributed by atoms with Crippen molar-refractivity contribution >= 4 is 23.2 Å². The number of benzene rings is 2. The summed E-state index contributed by atoms with van der Waals surface area (Å²) in [7, 11) is 1.64. The highest BCUT2D eigenvalue weighted by molar-refractivity contribution is 5.92. The first kappa shape index (κ1) is 21.2. The first-order valence-corrected chi connectivity index (χ1v) is 11.2. The number of rotatable bonds is 6. The van der Waals surface area contributed by atoms with Crippen LogP contribution in [-0.2, 0) is 16.0 Å². The molecule has 1 aliphatic heterocycles. The van der Waals surface area contributed by atoms with Crippen molar-refractivity contribution in [3.8, 4) is 5.75 Å². The van der Waals surface area contributed by atoms with Gasteiger partial charge in [0.1, 0.15) is 5.75 Å². The number of hydrogen-bond donors (Lipinski definition) is 1. The smallest absolute Gasteiger partial charge is 0.227 e. The molecule has 0 unspecified atom stereocenters. The van der Waals surface area contributed by atoms with E-state index in [1.807, 2.05) is 41.3 Å². The highest BCUT2D eigenvalue weighted by atomic mass is 16.5. The second kappa shape index (κ2) is 9.86. The Kier molecular flexibility index (Phi) is 6.75. The number of hydrogen-bond acceptors (Lipinski definition) is 4. The predicted octanol–water partition coefficient (Wildman–Crippen LogP) is 3.72. The van der Waals surface area contributed by atoms with E-state index in [0.717, 1.165) is 74.6 Å². The number of carbonyl (C=O) groups excluding carboxylic acids is 2. The number of nitrogens with one attached hydrogen (secondary N) is 1. The van der Waals surface area contributed by atoms with Gasteiger partial charge in [-0.1, -0.05) is 25.0 Å². The molecule has 0 spiro atoms. The average molecular weight is 422 g/mol. The molecule has 2 aromatic carbocycles. The number of amides is 2. The Morgan fingerprint density at radius 3 is 2.19 bits per heavy atom. The fraction of sp³-hybridized carbons (Fsp3) is 0.440. The lowest BCUT2D eigenvalue weighted by molar-refractivity contribution is -0.130. The van der Waals surface area contributed by atoms with Gasteiger partial charge in [-0.3, -0.25) is 9.59 Å². The van der Waals surface area contributed by atoms with Crippen molar-refractivity contribution < 1.29 is 14.3 Å². The van der Waals surface area contributed by atoms with Crippen molar-refractivity contribution in [2.24, 2.45) is 5.92 Å². The van der Waals surface area contributed by atoms with Gasteiger partial charge in [0.2, 0.25) is 11.8 Å². The van der Waals surface area contributed by atoms with Crippen LogP contribution in [0.5, 0.6) is 5.75 Å². The lowest BCUT2D eigenvalue weighted by atomic mass is 10.1. The van der Waals surface area contributed by atoms with Crippen LogP contribution in [0.15, 0.2) is 48.5 Å². The molecule has 6 nitrogen and oxygen atoms in total. The zero-order chi connectivity index (χ0) is 21.6. The van der Waals surface area contributed by atoms with Gasteiger partial charge in [-0.25, -0.2) is 0 Å². The van der Waals surface area contributed by atoms with Gasteiger partial charge in [-0.2, -0.15) is 0 Å². The molecule has 164 valence electrons. The van der Waals surface area contributed by atoms with Gasteiger partial charge in [0, 0.05) is 43.5 Å². The van der Waals surface area contributed by atoms with E-state index in [1.54, 1.807) is 7.11 Å². The molecule has 0 radical (unpaired) electrons. The average Bonchev–Trinajstić information content (AvgIpc) is 3.35. The summed E-state index contributed by atoms with van der Waals surface area (Å²) in [5.41, 5.74) is 2.98. The van der Waals surface area contributed by atoms with Gasteiger partial charge in [0.05, 0.1) is 13.5 Å². The minimum Gasteiger partial charge on any atom is -0.497 e. The van der Waals surface area contributed by atoms with Crippen LogP contribution in [-0.4, -0.2) is 50.0 Å². The zero-order valence-electron chi connectivity index (χ0n) is 18.2. The number of anilines is 2. The van der Waals surface area contributed by atoms with Gasteiger partial charge in [-0.15, -0.1) is 0 Å². The van der Waals surface area contributed by atoms with E-state index in [0.29, 0.717) is 6.42 Å². The first-order chi connectivity index (χ1) is 15.1. The number of piperazine rings is 1. The Hall–Kier alpha value is -3.02. The maximum Gasteiger partial charge on any atom is 0.227 e. The molecule has 4 rings (SSSR count). The number of carbonyl (C=O) groups is 2. The van der Waals surface area contributed by atoms with E-state index >= 15 is 0 Å². The normalized spacial score (nSPS) is 16.9. The van der Waals surface area contributed by atoms with Crippen molar-refractivity contribution in [3.05, 3.63) is 54.1 Å². The molecule has 1 saturated heterocycles. The quantitative estimate of drug-likeness (QED) is 0.772. The van der Waals surface area contributed by atoms with E-state index in [4.69, 9.17) is 4.74 Å². The molecule has 1 N–H and O–H groups in total. The minimum atomic E-state index is 0.147. The van der Waals surface area contributed by atoms with Crippen molar-refractivity contribution in [1.29, 1.82) is 0 Å². The highest BCUT2D eigenvalue weighted by Crippen LogP contribution is 2.27. The second-order valence-electron chi connectivity index (χ2n) is 8.41. The number of nitrogens with zero attached hydrogens (tertiary/aromatic N) is 2. The zero-order valence-corrected chi connectivity index (χ0v) is 18.2. The molecule has 2 amide bonds. The SMILES string of the molecule is COc1ccc(CC(=O)N2CCN(c3ccc(NC(=O)C4CCCC4)cc3)CC2)cc1.